The highest BCUT2D eigenvalue weighted by Gasteiger charge is 2.27. The van der Waals surface area contributed by atoms with Gasteiger partial charge in [0.25, 0.3) is 0 Å². The van der Waals surface area contributed by atoms with Gasteiger partial charge in [-0.15, -0.1) is 0 Å². The fourth-order valence-corrected chi connectivity index (χ4v) is 3.05. The van der Waals surface area contributed by atoms with Crippen LogP contribution in [0.2, 0.25) is 0 Å². The molecule has 0 unspecified atom stereocenters. The molecule has 8 heteroatoms. The molecule has 5 N–H and O–H groups in total. The van der Waals surface area contributed by atoms with Crippen LogP contribution in [0, 0.1) is 0 Å². The molecule has 1 aromatic heterocycles. The number of aromatic hydroxyl groups is 2. The minimum atomic E-state index is -1.02. The molecule has 3 aromatic rings. The Morgan fingerprint density at radius 3 is 2.40 bits per heavy atom. The van der Waals surface area contributed by atoms with E-state index in [1.54, 1.807) is 27.0 Å². The molecule has 0 saturated heterocycles. The van der Waals surface area contributed by atoms with Crippen LogP contribution in [0.5, 0.6) is 11.5 Å². The molecule has 158 valence electrons. The molecular formula is C22H25N3O5. The van der Waals surface area contributed by atoms with E-state index < -0.39 is 23.6 Å². The lowest BCUT2D eigenvalue weighted by Gasteiger charge is -2.23. The quantitative estimate of drug-likeness (QED) is 0.410. The van der Waals surface area contributed by atoms with Crippen LogP contribution in [-0.2, 0) is 16.0 Å². The monoisotopic (exact) mass is 411 g/mol. The maximum Gasteiger partial charge on any atom is 0.408 e. The normalized spacial score (nSPS) is 12.4. The van der Waals surface area contributed by atoms with Gasteiger partial charge in [-0.2, -0.15) is 0 Å². The number of carbonyl (C=O) groups excluding carboxylic acids is 2. The summed E-state index contributed by atoms with van der Waals surface area (Å²) in [4.78, 5) is 28.4. The zero-order valence-corrected chi connectivity index (χ0v) is 17.0. The van der Waals surface area contributed by atoms with E-state index in [1.807, 2.05) is 24.3 Å². The van der Waals surface area contributed by atoms with Crippen molar-refractivity contribution < 1.29 is 24.5 Å². The van der Waals surface area contributed by atoms with Gasteiger partial charge in [-0.05, 0) is 44.5 Å². The molecule has 2 amide bonds. The van der Waals surface area contributed by atoms with E-state index in [4.69, 9.17) is 4.74 Å². The third kappa shape index (κ3) is 5.02. The SMILES string of the molecule is CC(C)(C)OC(=O)N[C@@H](Cc1c[nH]c2ccccc12)C(=O)Nc1c(O)cccc1O. The van der Waals surface area contributed by atoms with Gasteiger partial charge in [0.15, 0.2) is 0 Å². The number of amides is 2. The Labute approximate surface area is 173 Å². The summed E-state index contributed by atoms with van der Waals surface area (Å²) in [6.45, 7) is 5.17. The number of aromatic nitrogens is 1. The number of phenolic OH excluding ortho intramolecular Hbond substituents is 2. The first-order valence-corrected chi connectivity index (χ1v) is 9.50. The number of ether oxygens (including phenoxy) is 1. The van der Waals surface area contributed by atoms with E-state index in [0.717, 1.165) is 16.5 Å². The molecule has 0 aliphatic heterocycles. The van der Waals surface area contributed by atoms with Gasteiger partial charge in [0.1, 0.15) is 28.8 Å². The van der Waals surface area contributed by atoms with Gasteiger partial charge in [-0.1, -0.05) is 24.3 Å². The number of carbonyl (C=O) groups is 2. The van der Waals surface area contributed by atoms with Gasteiger partial charge in [-0.3, -0.25) is 4.79 Å². The van der Waals surface area contributed by atoms with E-state index >= 15 is 0 Å². The number of para-hydroxylation sites is 2. The molecule has 8 nitrogen and oxygen atoms in total. The van der Waals surface area contributed by atoms with Crippen molar-refractivity contribution in [3.05, 3.63) is 54.2 Å². The van der Waals surface area contributed by atoms with E-state index in [9.17, 15) is 19.8 Å². The summed E-state index contributed by atoms with van der Waals surface area (Å²) in [5.74, 6) is -1.18. The largest absolute Gasteiger partial charge is 0.506 e. The summed E-state index contributed by atoms with van der Waals surface area (Å²) in [7, 11) is 0. The first kappa shape index (κ1) is 21.0. The number of hydrogen-bond donors (Lipinski definition) is 5. The predicted octanol–water partition coefficient (Wildman–Crippen LogP) is 3.65. The fourth-order valence-electron chi connectivity index (χ4n) is 3.05. The number of rotatable bonds is 5. The zero-order valence-electron chi connectivity index (χ0n) is 17.0. The standard InChI is InChI=1S/C22H25N3O5/c1-22(2,3)30-21(29)24-16(11-13-12-23-15-8-5-4-7-14(13)15)20(28)25-19-17(26)9-6-10-18(19)27/h4-10,12,16,23,26-27H,11H2,1-3H3,(H,24,29)(H,25,28)/t16-/m0/s1. The molecule has 0 radical (unpaired) electrons. The molecule has 0 fully saturated rings. The molecule has 0 bridgehead atoms. The Kier molecular flexibility index (Phi) is 5.86. The van der Waals surface area contributed by atoms with Crippen LogP contribution < -0.4 is 10.6 Å². The number of alkyl carbamates (subject to hydrolysis) is 1. The van der Waals surface area contributed by atoms with Crippen LogP contribution >= 0.6 is 0 Å². The van der Waals surface area contributed by atoms with E-state index in [2.05, 4.69) is 15.6 Å². The Bertz CT molecular complexity index is 1050. The lowest BCUT2D eigenvalue weighted by atomic mass is 10.0. The van der Waals surface area contributed by atoms with Crippen molar-refractivity contribution in [3.8, 4) is 11.5 Å². The van der Waals surface area contributed by atoms with Crippen molar-refractivity contribution in [2.75, 3.05) is 5.32 Å². The first-order chi connectivity index (χ1) is 14.1. The number of anilines is 1. The topological polar surface area (TPSA) is 124 Å². The zero-order chi connectivity index (χ0) is 21.9. The van der Waals surface area contributed by atoms with E-state index in [-0.39, 0.29) is 23.6 Å². The second-order valence-corrected chi connectivity index (χ2v) is 7.92. The number of nitrogens with one attached hydrogen (secondary N) is 3. The lowest BCUT2D eigenvalue weighted by Crippen LogP contribution is -2.47. The fraction of sp³-hybridized carbons (Fsp3) is 0.273. The molecule has 0 spiro atoms. The van der Waals surface area contributed by atoms with Crippen molar-refractivity contribution in [3.63, 3.8) is 0 Å². The second kappa shape index (κ2) is 8.36. The van der Waals surface area contributed by atoms with Crippen LogP contribution in [0.1, 0.15) is 26.3 Å². The number of benzene rings is 2. The summed E-state index contributed by atoms with van der Waals surface area (Å²) in [5, 5.41) is 25.9. The van der Waals surface area contributed by atoms with Crippen LogP contribution in [0.4, 0.5) is 10.5 Å². The lowest BCUT2D eigenvalue weighted by molar-refractivity contribution is -0.118. The Morgan fingerprint density at radius 2 is 1.73 bits per heavy atom. The van der Waals surface area contributed by atoms with E-state index in [1.165, 1.54) is 18.2 Å². The Hall–Kier alpha value is -3.68. The van der Waals surface area contributed by atoms with Crippen LogP contribution in [0.3, 0.4) is 0 Å². The van der Waals surface area contributed by atoms with Crippen LogP contribution in [0.15, 0.2) is 48.7 Å². The third-order valence-corrected chi connectivity index (χ3v) is 4.38. The molecule has 0 aliphatic rings. The molecular weight excluding hydrogens is 386 g/mol. The van der Waals surface area contributed by atoms with Crippen LogP contribution in [0.25, 0.3) is 10.9 Å². The molecule has 1 heterocycles. The van der Waals surface area contributed by atoms with Gasteiger partial charge in [-0.25, -0.2) is 4.79 Å². The Morgan fingerprint density at radius 1 is 1.07 bits per heavy atom. The number of aromatic amines is 1. The van der Waals surface area contributed by atoms with Crippen LogP contribution in [-0.4, -0.2) is 38.8 Å². The van der Waals surface area contributed by atoms with E-state index in [0.29, 0.717) is 0 Å². The smallest absolute Gasteiger partial charge is 0.408 e. The van der Waals surface area contributed by atoms with Crippen molar-refractivity contribution in [1.29, 1.82) is 0 Å². The summed E-state index contributed by atoms with van der Waals surface area (Å²) >= 11 is 0. The maximum atomic E-state index is 13.0. The third-order valence-electron chi connectivity index (χ3n) is 4.38. The van der Waals surface area contributed by atoms with Crippen molar-refractivity contribution in [1.82, 2.24) is 10.3 Å². The molecule has 0 saturated carbocycles. The molecule has 3 rings (SSSR count). The van der Waals surface area contributed by atoms with Crippen molar-refractivity contribution in [2.45, 2.75) is 38.8 Å². The van der Waals surface area contributed by atoms with Gasteiger partial charge in [0.05, 0.1) is 0 Å². The summed E-state index contributed by atoms with van der Waals surface area (Å²) in [6.07, 6.45) is 1.20. The average molecular weight is 411 g/mol. The average Bonchev–Trinajstić information content (AvgIpc) is 3.06. The number of fused-ring (bicyclic) bond motifs is 1. The first-order valence-electron chi connectivity index (χ1n) is 9.50. The Balaban J connectivity index is 1.86. The minimum Gasteiger partial charge on any atom is -0.506 e. The molecule has 30 heavy (non-hydrogen) atoms. The number of H-pyrrole nitrogens is 1. The number of hydrogen-bond acceptors (Lipinski definition) is 5. The van der Waals surface area contributed by atoms with Gasteiger partial charge in [0.2, 0.25) is 5.91 Å². The summed E-state index contributed by atoms with van der Waals surface area (Å²) in [5.41, 5.74) is 0.866. The summed E-state index contributed by atoms with van der Waals surface area (Å²) in [6, 6.07) is 10.7. The highest BCUT2D eigenvalue weighted by Crippen LogP contribution is 2.32. The second-order valence-electron chi connectivity index (χ2n) is 7.92. The maximum absolute atomic E-state index is 13.0. The molecule has 2 aromatic carbocycles. The highest BCUT2D eigenvalue weighted by atomic mass is 16.6. The minimum absolute atomic E-state index is 0.127. The van der Waals surface area contributed by atoms with Gasteiger partial charge < -0.3 is 30.6 Å². The van der Waals surface area contributed by atoms with Gasteiger partial charge in [0, 0.05) is 23.5 Å². The van der Waals surface area contributed by atoms with Crippen molar-refractivity contribution in [2.24, 2.45) is 0 Å². The van der Waals surface area contributed by atoms with Crippen molar-refractivity contribution >= 4 is 28.6 Å². The van der Waals surface area contributed by atoms with Gasteiger partial charge >= 0.3 is 6.09 Å². The predicted molar refractivity (Wildman–Crippen MR) is 114 cm³/mol. The summed E-state index contributed by atoms with van der Waals surface area (Å²) < 4.78 is 5.29. The molecule has 0 aliphatic carbocycles. The number of phenols is 2. The molecule has 1 atom stereocenters. The highest BCUT2D eigenvalue weighted by molar-refractivity contribution is 5.99.